The minimum absolute atomic E-state index is 0.0527. The van der Waals surface area contributed by atoms with Gasteiger partial charge < -0.3 is 0 Å². The van der Waals surface area contributed by atoms with Gasteiger partial charge in [-0.2, -0.15) is 5.10 Å². The van der Waals surface area contributed by atoms with Crippen molar-refractivity contribution in [1.82, 2.24) is 9.78 Å². The summed E-state index contributed by atoms with van der Waals surface area (Å²) < 4.78 is 82.4. The lowest BCUT2D eigenvalue weighted by atomic mass is 10.2. The standard InChI is InChI=1S/C18H15F4N3O2S/c1-10-3-4-15(11(2)7-10)28(26,27)24-16-5-6-25(23-16)9-12-17(21)13(19)8-14(20)18(12)22/h3-8H,9H2,1-2H3,(H,23,24). The second kappa shape index (κ2) is 7.27. The molecule has 5 nitrogen and oxygen atoms in total. The van der Waals surface area contributed by atoms with Gasteiger partial charge in [0.15, 0.2) is 29.1 Å². The number of anilines is 1. The average Bonchev–Trinajstić information content (AvgIpc) is 3.03. The molecule has 0 amide bonds. The number of halogens is 4. The van der Waals surface area contributed by atoms with Gasteiger partial charge >= 0.3 is 0 Å². The molecule has 0 bridgehead atoms. The van der Waals surface area contributed by atoms with E-state index in [1.807, 2.05) is 6.92 Å². The fourth-order valence-corrected chi connectivity index (χ4v) is 3.95. The molecule has 0 aliphatic carbocycles. The predicted octanol–water partition coefficient (Wildman–Crippen LogP) is 3.91. The number of hydrogen-bond donors (Lipinski definition) is 1. The number of nitrogens with zero attached hydrogens (tertiary/aromatic N) is 2. The maximum absolute atomic E-state index is 13.8. The van der Waals surface area contributed by atoms with E-state index in [1.54, 1.807) is 19.1 Å². The van der Waals surface area contributed by atoms with Gasteiger partial charge in [0.25, 0.3) is 10.0 Å². The molecule has 28 heavy (non-hydrogen) atoms. The summed E-state index contributed by atoms with van der Waals surface area (Å²) in [7, 11) is -3.94. The normalized spacial score (nSPS) is 11.6. The first-order valence-corrected chi connectivity index (χ1v) is 9.52. The summed E-state index contributed by atoms with van der Waals surface area (Å²) in [5, 5.41) is 3.85. The van der Waals surface area contributed by atoms with Gasteiger partial charge in [-0.05, 0) is 25.5 Å². The molecule has 0 unspecified atom stereocenters. The highest BCUT2D eigenvalue weighted by molar-refractivity contribution is 7.92. The number of rotatable bonds is 5. The molecule has 0 saturated carbocycles. The average molecular weight is 413 g/mol. The molecule has 0 aliphatic heterocycles. The van der Waals surface area contributed by atoms with Crippen molar-refractivity contribution in [3.63, 3.8) is 0 Å². The quantitative estimate of drug-likeness (QED) is 0.510. The predicted molar refractivity (Wildman–Crippen MR) is 94.3 cm³/mol. The Morgan fingerprint density at radius 1 is 1.00 bits per heavy atom. The number of sulfonamides is 1. The van der Waals surface area contributed by atoms with Gasteiger partial charge in [-0.3, -0.25) is 9.40 Å². The Morgan fingerprint density at radius 2 is 1.64 bits per heavy atom. The third-order valence-electron chi connectivity index (χ3n) is 4.02. The van der Waals surface area contributed by atoms with Crippen LogP contribution >= 0.6 is 0 Å². The van der Waals surface area contributed by atoms with Gasteiger partial charge in [0.1, 0.15) is 0 Å². The molecule has 1 N–H and O–H groups in total. The topological polar surface area (TPSA) is 64.0 Å². The summed E-state index contributed by atoms with van der Waals surface area (Å²) >= 11 is 0. The van der Waals surface area contributed by atoms with Crippen LogP contribution in [0.5, 0.6) is 0 Å². The summed E-state index contributed by atoms with van der Waals surface area (Å²) in [6.45, 7) is 2.84. The van der Waals surface area contributed by atoms with E-state index in [-0.39, 0.29) is 16.8 Å². The van der Waals surface area contributed by atoms with Crippen LogP contribution in [0.1, 0.15) is 16.7 Å². The lowest BCUT2D eigenvalue weighted by molar-refractivity contribution is 0.431. The Kier molecular flexibility index (Phi) is 5.16. The highest BCUT2D eigenvalue weighted by Crippen LogP contribution is 2.22. The van der Waals surface area contributed by atoms with Crippen molar-refractivity contribution in [3.8, 4) is 0 Å². The van der Waals surface area contributed by atoms with Crippen LogP contribution in [-0.2, 0) is 16.6 Å². The third-order valence-corrected chi connectivity index (χ3v) is 5.54. The number of benzene rings is 2. The first kappa shape index (κ1) is 19.9. The summed E-state index contributed by atoms with van der Waals surface area (Å²) in [5.74, 6) is -6.25. The lowest BCUT2D eigenvalue weighted by Crippen LogP contribution is -2.15. The van der Waals surface area contributed by atoms with E-state index in [1.165, 1.54) is 18.3 Å². The minimum atomic E-state index is -3.94. The molecule has 0 radical (unpaired) electrons. The van der Waals surface area contributed by atoms with Crippen LogP contribution in [0.4, 0.5) is 23.4 Å². The molecule has 3 aromatic rings. The maximum Gasteiger partial charge on any atom is 0.263 e. The zero-order chi connectivity index (χ0) is 20.6. The SMILES string of the molecule is Cc1ccc(S(=O)(=O)Nc2ccn(Cc3c(F)c(F)cc(F)c3F)n2)c(C)c1. The molecule has 148 valence electrons. The van der Waals surface area contributed by atoms with Crippen LogP contribution in [0.15, 0.2) is 41.4 Å². The fourth-order valence-electron chi connectivity index (χ4n) is 2.72. The summed E-state index contributed by atoms with van der Waals surface area (Å²) in [6.07, 6.45) is 1.22. The molecule has 0 aliphatic rings. The van der Waals surface area contributed by atoms with Crippen molar-refractivity contribution in [1.29, 1.82) is 0 Å². The second-order valence-electron chi connectivity index (χ2n) is 6.22. The van der Waals surface area contributed by atoms with Crippen molar-refractivity contribution in [2.75, 3.05) is 4.72 Å². The highest BCUT2D eigenvalue weighted by Gasteiger charge is 2.21. The van der Waals surface area contributed by atoms with Gasteiger partial charge in [0.05, 0.1) is 17.0 Å². The van der Waals surface area contributed by atoms with Crippen LogP contribution in [-0.4, -0.2) is 18.2 Å². The lowest BCUT2D eigenvalue weighted by Gasteiger charge is -2.09. The van der Waals surface area contributed by atoms with E-state index in [9.17, 15) is 26.0 Å². The highest BCUT2D eigenvalue weighted by atomic mass is 32.2. The molecule has 0 atom stereocenters. The first-order chi connectivity index (χ1) is 13.1. The van der Waals surface area contributed by atoms with Gasteiger partial charge in [-0.1, -0.05) is 17.7 Å². The number of aryl methyl sites for hydroxylation is 2. The molecule has 0 fully saturated rings. The summed E-state index contributed by atoms with van der Waals surface area (Å²) in [5.41, 5.74) is 0.572. The molecule has 0 spiro atoms. The van der Waals surface area contributed by atoms with Crippen molar-refractivity contribution in [2.45, 2.75) is 25.3 Å². The molecule has 0 saturated heterocycles. The number of nitrogens with one attached hydrogen (secondary N) is 1. The zero-order valence-corrected chi connectivity index (χ0v) is 15.6. The van der Waals surface area contributed by atoms with E-state index < -0.39 is 45.4 Å². The van der Waals surface area contributed by atoms with E-state index >= 15 is 0 Å². The monoisotopic (exact) mass is 413 g/mol. The number of hydrogen-bond acceptors (Lipinski definition) is 3. The maximum atomic E-state index is 13.8. The van der Waals surface area contributed by atoms with Crippen LogP contribution in [0.25, 0.3) is 0 Å². The minimum Gasteiger partial charge on any atom is -0.266 e. The smallest absolute Gasteiger partial charge is 0.263 e. The van der Waals surface area contributed by atoms with E-state index in [4.69, 9.17) is 0 Å². The van der Waals surface area contributed by atoms with Gasteiger partial charge in [0, 0.05) is 18.3 Å². The Morgan fingerprint density at radius 3 is 2.25 bits per heavy atom. The Labute approximate surface area is 158 Å². The molecule has 1 heterocycles. The molecular weight excluding hydrogens is 398 g/mol. The Hall–Kier alpha value is -2.88. The van der Waals surface area contributed by atoms with Crippen molar-refractivity contribution in [3.05, 3.63) is 76.5 Å². The molecule has 3 rings (SSSR count). The number of aromatic nitrogens is 2. The van der Waals surface area contributed by atoms with Crippen LogP contribution in [0.3, 0.4) is 0 Å². The van der Waals surface area contributed by atoms with E-state index in [2.05, 4.69) is 9.82 Å². The second-order valence-corrected chi connectivity index (χ2v) is 7.87. The third kappa shape index (κ3) is 3.86. The summed E-state index contributed by atoms with van der Waals surface area (Å²) in [6, 6.07) is 6.17. The van der Waals surface area contributed by atoms with Gasteiger partial charge in [-0.15, -0.1) is 0 Å². The van der Waals surface area contributed by atoms with Crippen LogP contribution in [0, 0.1) is 37.1 Å². The van der Waals surface area contributed by atoms with Crippen molar-refractivity contribution < 1.29 is 26.0 Å². The largest absolute Gasteiger partial charge is 0.266 e. The zero-order valence-electron chi connectivity index (χ0n) is 14.8. The van der Waals surface area contributed by atoms with E-state index in [0.717, 1.165) is 10.2 Å². The van der Waals surface area contributed by atoms with E-state index in [0.29, 0.717) is 5.56 Å². The molecular formula is C18H15F4N3O2S. The summed E-state index contributed by atoms with van der Waals surface area (Å²) in [4.78, 5) is 0.0527. The molecule has 1 aromatic heterocycles. The van der Waals surface area contributed by atoms with Crippen LogP contribution in [0.2, 0.25) is 0 Å². The first-order valence-electron chi connectivity index (χ1n) is 8.04. The van der Waals surface area contributed by atoms with Crippen LogP contribution < -0.4 is 4.72 Å². The van der Waals surface area contributed by atoms with Crippen molar-refractivity contribution in [2.24, 2.45) is 0 Å². The Balaban J connectivity index is 1.86. The van der Waals surface area contributed by atoms with Gasteiger partial charge in [0.2, 0.25) is 0 Å². The van der Waals surface area contributed by atoms with Crippen molar-refractivity contribution >= 4 is 15.8 Å². The molecule has 2 aromatic carbocycles. The molecule has 10 heteroatoms. The Bertz CT molecular complexity index is 1130. The van der Waals surface area contributed by atoms with Gasteiger partial charge in [-0.25, -0.2) is 26.0 Å². The fraction of sp³-hybridized carbons (Fsp3) is 0.167.